The molecule has 0 amide bonds. The summed E-state index contributed by atoms with van der Waals surface area (Å²) in [5, 5.41) is 16.9. The molecule has 0 bridgehead atoms. The first-order valence-electron chi connectivity index (χ1n) is 10.1. The molecule has 5 nitrogen and oxygen atoms in total. The van der Waals surface area contributed by atoms with Crippen molar-refractivity contribution in [3.63, 3.8) is 0 Å². The summed E-state index contributed by atoms with van der Waals surface area (Å²) in [4.78, 5) is 9.06. The van der Waals surface area contributed by atoms with Crippen molar-refractivity contribution in [2.75, 3.05) is 10.6 Å². The van der Waals surface area contributed by atoms with Crippen molar-refractivity contribution in [3.05, 3.63) is 71.1 Å². The summed E-state index contributed by atoms with van der Waals surface area (Å²) in [5.74, 6) is 1.17. The molecule has 1 aliphatic carbocycles. The molecule has 3 N–H and O–H groups in total. The monoisotopic (exact) mass is 426 g/mol. The molecular formula is C23H24ClFN4O. The van der Waals surface area contributed by atoms with E-state index in [1.54, 1.807) is 12.3 Å². The van der Waals surface area contributed by atoms with E-state index in [1.807, 2.05) is 30.3 Å². The fourth-order valence-corrected chi connectivity index (χ4v) is 3.87. The second kappa shape index (κ2) is 9.41. The molecule has 0 aliphatic heterocycles. The van der Waals surface area contributed by atoms with Gasteiger partial charge in [-0.3, -0.25) is 0 Å². The smallest absolute Gasteiger partial charge is 0.126 e. The number of aromatic nitrogens is 2. The van der Waals surface area contributed by atoms with Crippen LogP contribution < -0.4 is 10.6 Å². The van der Waals surface area contributed by atoms with Crippen molar-refractivity contribution >= 4 is 23.2 Å². The first-order valence-corrected chi connectivity index (χ1v) is 10.5. The lowest BCUT2D eigenvalue weighted by atomic mass is 9.93. The van der Waals surface area contributed by atoms with E-state index in [4.69, 9.17) is 11.6 Å². The van der Waals surface area contributed by atoms with Crippen LogP contribution in [-0.4, -0.2) is 27.2 Å². The Morgan fingerprint density at radius 3 is 2.63 bits per heavy atom. The van der Waals surface area contributed by atoms with Gasteiger partial charge in [0.15, 0.2) is 0 Å². The largest absolute Gasteiger partial charge is 0.393 e. The Morgan fingerprint density at radius 2 is 1.83 bits per heavy atom. The minimum atomic E-state index is -0.257. The third-order valence-electron chi connectivity index (χ3n) is 5.29. The lowest BCUT2D eigenvalue weighted by molar-refractivity contribution is 0.126. The maximum atomic E-state index is 13.4. The SMILES string of the molecule is O[C@H]1CC[C@@H](Nc2cc(-c3cccc(NCc4cccc(F)c4)n3)c(Cl)cn2)CC1. The van der Waals surface area contributed by atoms with Crippen LogP contribution in [0.1, 0.15) is 31.2 Å². The minimum Gasteiger partial charge on any atom is -0.393 e. The number of nitrogens with one attached hydrogen (secondary N) is 2. The van der Waals surface area contributed by atoms with Gasteiger partial charge in [-0.1, -0.05) is 29.8 Å². The van der Waals surface area contributed by atoms with E-state index < -0.39 is 0 Å². The van der Waals surface area contributed by atoms with E-state index in [9.17, 15) is 9.50 Å². The number of rotatable bonds is 6. The van der Waals surface area contributed by atoms with E-state index in [1.165, 1.54) is 12.1 Å². The molecule has 2 aromatic heterocycles. The highest BCUT2D eigenvalue weighted by Gasteiger charge is 2.20. The zero-order chi connectivity index (χ0) is 20.9. The number of hydrogen-bond acceptors (Lipinski definition) is 5. The molecule has 1 saturated carbocycles. The lowest BCUT2D eigenvalue weighted by Gasteiger charge is -2.26. The summed E-state index contributed by atoms with van der Waals surface area (Å²) >= 11 is 6.41. The van der Waals surface area contributed by atoms with Crippen LogP contribution in [0.5, 0.6) is 0 Å². The van der Waals surface area contributed by atoms with Crippen LogP contribution in [0.3, 0.4) is 0 Å². The third kappa shape index (κ3) is 5.26. The third-order valence-corrected chi connectivity index (χ3v) is 5.59. The molecule has 0 atom stereocenters. The fourth-order valence-electron chi connectivity index (χ4n) is 3.67. The molecule has 4 rings (SSSR count). The van der Waals surface area contributed by atoms with Crippen molar-refractivity contribution in [2.24, 2.45) is 0 Å². The quantitative estimate of drug-likeness (QED) is 0.501. The second-order valence-electron chi connectivity index (χ2n) is 7.59. The number of halogens is 2. The van der Waals surface area contributed by atoms with Gasteiger partial charge in [0.1, 0.15) is 17.5 Å². The van der Waals surface area contributed by atoms with Crippen molar-refractivity contribution < 1.29 is 9.50 Å². The Hall–Kier alpha value is -2.70. The Labute approximate surface area is 180 Å². The zero-order valence-electron chi connectivity index (χ0n) is 16.5. The summed E-state index contributed by atoms with van der Waals surface area (Å²) in [6.45, 7) is 0.471. The average Bonchev–Trinajstić information content (AvgIpc) is 2.75. The van der Waals surface area contributed by atoms with Gasteiger partial charge >= 0.3 is 0 Å². The molecule has 30 heavy (non-hydrogen) atoms. The number of aliphatic hydroxyl groups is 1. The van der Waals surface area contributed by atoms with Gasteiger partial charge in [-0.05, 0) is 61.6 Å². The van der Waals surface area contributed by atoms with Crippen LogP contribution in [0.15, 0.2) is 54.7 Å². The minimum absolute atomic E-state index is 0.191. The molecule has 2 heterocycles. The molecule has 7 heteroatoms. The predicted molar refractivity (Wildman–Crippen MR) is 118 cm³/mol. The molecule has 3 aromatic rings. The Kier molecular flexibility index (Phi) is 6.45. The van der Waals surface area contributed by atoms with E-state index in [2.05, 4.69) is 20.6 Å². The first kappa shape index (κ1) is 20.6. The molecule has 0 unspecified atom stereocenters. The Balaban J connectivity index is 1.48. The van der Waals surface area contributed by atoms with E-state index >= 15 is 0 Å². The number of nitrogens with zero attached hydrogens (tertiary/aromatic N) is 2. The van der Waals surface area contributed by atoms with E-state index in [0.717, 1.165) is 48.3 Å². The van der Waals surface area contributed by atoms with Crippen molar-refractivity contribution in [2.45, 2.75) is 44.4 Å². The van der Waals surface area contributed by atoms with Crippen LogP contribution in [0, 0.1) is 5.82 Å². The summed E-state index contributed by atoms with van der Waals surface area (Å²) < 4.78 is 13.4. The highest BCUT2D eigenvalue weighted by atomic mass is 35.5. The summed E-state index contributed by atoms with van der Waals surface area (Å²) in [7, 11) is 0. The van der Waals surface area contributed by atoms with Gasteiger partial charge in [-0.25, -0.2) is 14.4 Å². The van der Waals surface area contributed by atoms with Crippen LogP contribution in [0.25, 0.3) is 11.3 Å². The molecular weight excluding hydrogens is 403 g/mol. The number of aliphatic hydroxyl groups excluding tert-OH is 1. The summed E-state index contributed by atoms with van der Waals surface area (Å²) in [6.07, 6.45) is 4.88. The maximum Gasteiger partial charge on any atom is 0.126 e. The maximum absolute atomic E-state index is 13.4. The zero-order valence-corrected chi connectivity index (χ0v) is 17.2. The van der Waals surface area contributed by atoms with Gasteiger partial charge < -0.3 is 15.7 Å². The standard InChI is InChI=1S/C23H24ClFN4O/c24-20-14-27-23(28-17-7-9-18(30)10-8-17)12-19(20)21-5-2-6-22(29-21)26-13-15-3-1-4-16(25)11-15/h1-6,11-12,14,17-18,30H,7-10,13H2,(H,26,29)(H,27,28)/t17-,18+. The molecule has 1 aliphatic rings. The van der Waals surface area contributed by atoms with Crippen LogP contribution in [0.2, 0.25) is 5.02 Å². The molecule has 156 valence electrons. The highest BCUT2D eigenvalue weighted by Crippen LogP contribution is 2.30. The van der Waals surface area contributed by atoms with Crippen molar-refractivity contribution in [3.8, 4) is 11.3 Å². The Morgan fingerprint density at radius 1 is 1.03 bits per heavy atom. The van der Waals surface area contributed by atoms with Crippen LogP contribution in [0.4, 0.5) is 16.0 Å². The first-order chi connectivity index (χ1) is 14.6. The van der Waals surface area contributed by atoms with Gasteiger partial charge in [-0.2, -0.15) is 0 Å². The second-order valence-corrected chi connectivity index (χ2v) is 8.00. The van der Waals surface area contributed by atoms with Crippen molar-refractivity contribution in [1.82, 2.24) is 9.97 Å². The fraction of sp³-hybridized carbons (Fsp3) is 0.304. The van der Waals surface area contributed by atoms with Gasteiger partial charge in [0.05, 0.1) is 16.8 Å². The molecule has 0 spiro atoms. The number of anilines is 2. The molecule has 0 radical (unpaired) electrons. The number of benzene rings is 1. The normalized spacial score (nSPS) is 18.8. The Bertz CT molecular complexity index is 1010. The lowest BCUT2D eigenvalue weighted by Crippen LogP contribution is -2.28. The number of pyridine rings is 2. The highest BCUT2D eigenvalue weighted by molar-refractivity contribution is 6.33. The van der Waals surface area contributed by atoms with Gasteiger partial charge in [0, 0.05) is 24.3 Å². The molecule has 1 aromatic carbocycles. The topological polar surface area (TPSA) is 70.1 Å². The summed E-state index contributed by atoms with van der Waals surface area (Å²) in [6, 6.07) is 14.3. The van der Waals surface area contributed by atoms with E-state index in [0.29, 0.717) is 23.4 Å². The van der Waals surface area contributed by atoms with Crippen LogP contribution >= 0.6 is 11.6 Å². The van der Waals surface area contributed by atoms with Gasteiger partial charge in [0.2, 0.25) is 0 Å². The van der Waals surface area contributed by atoms with Crippen molar-refractivity contribution in [1.29, 1.82) is 0 Å². The molecule has 0 saturated heterocycles. The average molecular weight is 427 g/mol. The number of hydrogen-bond donors (Lipinski definition) is 3. The predicted octanol–water partition coefficient (Wildman–Crippen LogP) is 5.26. The summed E-state index contributed by atoms with van der Waals surface area (Å²) in [5.41, 5.74) is 2.36. The van der Waals surface area contributed by atoms with E-state index in [-0.39, 0.29) is 11.9 Å². The van der Waals surface area contributed by atoms with Crippen LogP contribution in [-0.2, 0) is 6.54 Å². The van der Waals surface area contributed by atoms with Gasteiger partial charge in [0.25, 0.3) is 0 Å². The molecule has 1 fully saturated rings. The van der Waals surface area contributed by atoms with Gasteiger partial charge in [-0.15, -0.1) is 0 Å².